The largest absolute Gasteiger partial charge is 0.397 e. The molecule has 0 aromatic carbocycles. The molecule has 88 valence electrons. The maximum Gasteiger partial charge on any atom is 0.230 e. The van der Waals surface area contributed by atoms with E-state index in [2.05, 4.69) is 10.3 Å². The topological polar surface area (TPSA) is 77.2 Å². The lowest BCUT2D eigenvalue weighted by Crippen LogP contribution is -2.28. The number of hydrogen-bond donors (Lipinski definition) is 2. The fraction of sp³-hybridized carbons (Fsp3) is 0.400. The molecule has 0 aliphatic carbocycles. The molecule has 6 heteroatoms. The van der Waals surface area contributed by atoms with Crippen LogP contribution in [0.1, 0.15) is 0 Å². The minimum absolute atomic E-state index is 0.0490. The third-order valence-corrected chi connectivity index (χ3v) is 2.79. The maximum absolute atomic E-state index is 11.3. The summed E-state index contributed by atoms with van der Waals surface area (Å²) >= 11 is 1.32. The van der Waals surface area contributed by atoms with Crippen LogP contribution in [-0.4, -0.2) is 36.9 Å². The predicted octanol–water partition coefficient (Wildman–Crippen LogP) is 0.518. The Morgan fingerprint density at radius 1 is 1.69 bits per heavy atom. The summed E-state index contributed by atoms with van der Waals surface area (Å²) in [7, 11) is 1.59. The molecule has 0 radical (unpaired) electrons. The minimum atomic E-state index is -0.0490. The standard InChI is InChI=1S/C10H15N3O2S/c1-15-6-5-12-9(14)7-16-10-8(11)3-2-4-13-10/h2-4H,5-7,11H2,1H3,(H,12,14). The number of amides is 1. The molecule has 3 N–H and O–H groups in total. The Morgan fingerprint density at radius 3 is 3.19 bits per heavy atom. The second-order valence-electron chi connectivity index (χ2n) is 3.03. The number of carbonyl (C=O) groups is 1. The Bertz CT molecular complexity index is 347. The lowest BCUT2D eigenvalue weighted by Gasteiger charge is -2.05. The molecule has 16 heavy (non-hydrogen) atoms. The van der Waals surface area contributed by atoms with E-state index in [1.165, 1.54) is 11.8 Å². The highest BCUT2D eigenvalue weighted by molar-refractivity contribution is 8.00. The van der Waals surface area contributed by atoms with E-state index < -0.39 is 0 Å². The molecule has 1 aromatic heterocycles. The van der Waals surface area contributed by atoms with Crippen molar-refractivity contribution in [3.63, 3.8) is 0 Å². The van der Waals surface area contributed by atoms with E-state index in [0.717, 1.165) is 0 Å². The van der Waals surface area contributed by atoms with Crippen LogP contribution in [0.2, 0.25) is 0 Å². The third-order valence-electron chi connectivity index (χ3n) is 1.77. The van der Waals surface area contributed by atoms with Gasteiger partial charge in [0.2, 0.25) is 5.91 Å². The van der Waals surface area contributed by atoms with Crippen molar-refractivity contribution in [2.75, 3.05) is 31.7 Å². The van der Waals surface area contributed by atoms with Gasteiger partial charge < -0.3 is 15.8 Å². The Kier molecular flexibility index (Phi) is 5.66. The number of nitrogens with two attached hydrogens (primary N) is 1. The monoisotopic (exact) mass is 241 g/mol. The number of ether oxygens (including phenoxy) is 1. The van der Waals surface area contributed by atoms with Gasteiger partial charge in [-0.3, -0.25) is 4.79 Å². The van der Waals surface area contributed by atoms with Crippen molar-refractivity contribution in [1.82, 2.24) is 10.3 Å². The first-order valence-corrected chi connectivity index (χ1v) is 5.81. The van der Waals surface area contributed by atoms with Gasteiger partial charge in [-0.25, -0.2) is 4.98 Å². The van der Waals surface area contributed by atoms with Crippen molar-refractivity contribution in [3.05, 3.63) is 18.3 Å². The van der Waals surface area contributed by atoms with Gasteiger partial charge in [-0.05, 0) is 12.1 Å². The highest BCUT2D eigenvalue weighted by Crippen LogP contribution is 2.20. The molecule has 5 nitrogen and oxygen atoms in total. The summed E-state index contributed by atoms with van der Waals surface area (Å²) in [5.41, 5.74) is 6.29. The quantitative estimate of drug-likeness (QED) is 0.561. The zero-order chi connectivity index (χ0) is 11.8. The van der Waals surface area contributed by atoms with E-state index >= 15 is 0 Å². The van der Waals surface area contributed by atoms with Gasteiger partial charge in [-0.1, -0.05) is 11.8 Å². The van der Waals surface area contributed by atoms with Crippen LogP contribution in [0.4, 0.5) is 5.69 Å². The number of pyridine rings is 1. The summed E-state index contributed by atoms with van der Waals surface area (Å²) in [5, 5.41) is 3.40. The Balaban J connectivity index is 2.29. The van der Waals surface area contributed by atoms with E-state index in [9.17, 15) is 4.79 Å². The zero-order valence-electron chi connectivity index (χ0n) is 9.10. The maximum atomic E-state index is 11.3. The number of rotatable bonds is 6. The van der Waals surface area contributed by atoms with Crippen molar-refractivity contribution < 1.29 is 9.53 Å². The first kappa shape index (κ1) is 12.8. The van der Waals surface area contributed by atoms with Crippen molar-refractivity contribution in [3.8, 4) is 0 Å². The minimum Gasteiger partial charge on any atom is -0.397 e. The second kappa shape index (κ2) is 7.08. The lowest BCUT2D eigenvalue weighted by molar-refractivity contribution is -0.118. The molecule has 0 saturated heterocycles. The molecule has 0 spiro atoms. The number of thioether (sulfide) groups is 1. The summed E-state index contributed by atoms with van der Waals surface area (Å²) in [5.74, 6) is 0.261. The summed E-state index contributed by atoms with van der Waals surface area (Å²) in [4.78, 5) is 15.4. The molecule has 0 unspecified atom stereocenters. The average Bonchev–Trinajstić information content (AvgIpc) is 2.28. The van der Waals surface area contributed by atoms with Crippen LogP contribution < -0.4 is 11.1 Å². The summed E-state index contributed by atoms with van der Waals surface area (Å²) in [6.45, 7) is 1.04. The number of nitrogens with one attached hydrogen (secondary N) is 1. The van der Waals surface area contributed by atoms with Crippen LogP contribution in [0.5, 0.6) is 0 Å². The first-order valence-electron chi connectivity index (χ1n) is 4.83. The van der Waals surface area contributed by atoms with Crippen molar-refractivity contribution in [2.24, 2.45) is 0 Å². The zero-order valence-corrected chi connectivity index (χ0v) is 9.92. The molecule has 1 amide bonds. The number of aromatic nitrogens is 1. The van der Waals surface area contributed by atoms with E-state index in [-0.39, 0.29) is 5.91 Å². The fourth-order valence-electron chi connectivity index (χ4n) is 1.00. The van der Waals surface area contributed by atoms with E-state index in [4.69, 9.17) is 10.5 Å². The number of carbonyl (C=O) groups excluding carboxylic acids is 1. The molecule has 0 aliphatic rings. The Morgan fingerprint density at radius 2 is 2.50 bits per heavy atom. The molecular formula is C10H15N3O2S. The van der Waals surface area contributed by atoms with Crippen LogP contribution in [0.3, 0.4) is 0 Å². The molecule has 0 aliphatic heterocycles. The van der Waals surface area contributed by atoms with Crippen LogP contribution in [0, 0.1) is 0 Å². The van der Waals surface area contributed by atoms with E-state index in [1.807, 2.05) is 0 Å². The highest BCUT2D eigenvalue weighted by atomic mass is 32.2. The first-order chi connectivity index (χ1) is 7.74. The SMILES string of the molecule is COCCNC(=O)CSc1ncccc1N. The summed E-state index contributed by atoms with van der Waals surface area (Å²) in [6, 6.07) is 3.52. The molecule has 1 rings (SSSR count). The number of methoxy groups -OCH3 is 1. The van der Waals surface area contributed by atoms with Gasteiger partial charge in [0.05, 0.1) is 18.0 Å². The van der Waals surface area contributed by atoms with E-state index in [0.29, 0.717) is 29.6 Å². The number of nitrogen functional groups attached to an aromatic ring is 1. The summed E-state index contributed by atoms with van der Waals surface area (Å²) in [6.07, 6.45) is 1.65. The van der Waals surface area contributed by atoms with Gasteiger partial charge in [0.25, 0.3) is 0 Å². The predicted molar refractivity (Wildman–Crippen MR) is 64.3 cm³/mol. The Labute approximate surface area is 98.8 Å². The van der Waals surface area contributed by atoms with Gasteiger partial charge in [0, 0.05) is 19.9 Å². The lowest BCUT2D eigenvalue weighted by atomic mass is 10.4. The molecule has 0 saturated carbocycles. The molecular weight excluding hydrogens is 226 g/mol. The number of hydrogen-bond acceptors (Lipinski definition) is 5. The van der Waals surface area contributed by atoms with Gasteiger partial charge in [-0.2, -0.15) is 0 Å². The number of nitrogens with zero attached hydrogens (tertiary/aromatic N) is 1. The second-order valence-corrected chi connectivity index (χ2v) is 3.99. The molecule has 1 aromatic rings. The van der Waals surface area contributed by atoms with Crippen molar-refractivity contribution >= 4 is 23.4 Å². The van der Waals surface area contributed by atoms with Crippen LogP contribution in [0.25, 0.3) is 0 Å². The molecule has 0 atom stereocenters. The normalized spacial score (nSPS) is 10.1. The molecule has 0 bridgehead atoms. The van der Waals surface area contributed by atoms with Gasteiger partial charge in [0.1, 0.15) is 5.03 Å². The Hall–Kier alpha value is -1.27. The molecule has 1 heterocycles. The smallest absolute Gasteiger partial charge is 0.230 e. The highest BCUT2D eigenvalue weighted by Gasteiger charge is 2.05. The van der Waals surface area contributed by atoms with Gasteiger partial charge in [-0.15, -0.1) is 0 Å². The van der Waals surface area contributed by atoms with Crippen molar-refractivity contribution in [2.45, 2.75) is 5.03 Å². The van der Waals surface area contributed by atoms with Crippen LogP contribution in [-0.2, 0) is 9.53 Å². The van der Waals surface area contributed by atoms with Gasteiger partial charge in [0.15, 0.2) is 0 Å². The third kappa shape index (κ3) is 4.50. The molecule has 0 fully saturated rings. The van der Waals surface area contributed by atoms with E-state index in [1.54, 1.807) is 25.4 Å². The van der Waals surface area contributed by atoms with Crippen LogP contribution in [0.15, 0.2) is 23.4 Å². The number of anilines is 1. The average molecular weight is 241 g/mol. The van der Waals surface area contributed by atoms with Crippen molar-refractivity contribution in [1.29, 1.82) is 0 Å². The fourth-order valence-corrected chi connectivity index (χ4v) is 1.74. The van der Waals surface area contributed by atoms with Crippen LogP contribution >= 0.6 is 11.8 Å². The summed E-state index contributed by atoms with van der Waals surface area (Å²) < 4.78 is 4.82. The van der Waals surface area contributed by atoms with Gasteiger partial charge >= 0.3 is 0 Å².